The Bertz CT molecular complexity index is 254. The molecule has 0 radical (unpaired) electrons. The van der Waals surface area contributed by atoms with Gasteiger partial charge in [-0.05, 0) is 41.5 Å². The van der Waals surface area contributed by atoms with E-state index in [1.807, 2.05) is 41.5 Å². The molecule has 5 heteroatoms. The summed E-state index contributed by atoms with van der Waals surface area (Å²) >= 11 is 0. The summed E-state index contributed by atoms with van der Waals surface area (Å²) < 4.78 is 22.8. The van der Waals surface area contributed by atoms with Crippen molar-refractivity contribution < 1.29 is 24.1 Å². The number of ether oxygens (including phenoxy) is 4. The van der Waals surface area contributed by atoms with Gasteiger partial charge in [0.1, 0.15) is 18.3 Å². The van der Waals surface area contributed by atoms with Crippen LogP contribution in [-0.2, 0) is 18.9 Å². The molecule has 1 saturated heterocycles. The smallest absolute Gasteiger partial charge is 0.183 e. The minimum atomic E-state index is -0.974. The molecular formula is C14H28O5. The summed E-state index contributed by atoms with van der Waals surface area (Å²) in [6, 6.07) is 0. The molecule has 1 N–H and O–H groups in total. The van der Waals surface area contributed by atoms with Crippen LogP contribution in [0.4, 0.5) is 0 Å². The van der Waals surface area contributed by atoms with E-state index >= 15 is 0 Å². The fraction of sp³-hybridized carbons (Fsp3) is 1.00. The van der Waals surface area contributed by atoms with Crippen molar-refractivity contribution in [2.24, 2.45) is 0 Å². The number of aliphatic hydroxyl groups excluding tert-OH is 1. The Balaban J connectivity index is 2.81. The van der Waals surface area contributed by atoms with Gasteiger partial charge in [-0.15, -0.1) is 0 Å². The Morgan fingerprint density at radius 1 is 0.842 bits per heavy atom. The minimum Gasteiger partial charge on any atom is -0.370 e. The van der Waals surface area contributed by atoms with E-state index < -0.39 is 12.4 Å². The van der Waals surface area contributed by atoms with E-state index in [4.69, 9.17) is 18.9 Å². The maximum Gasteiger partial charge on any atom is 0.183 e. The van der Waals surface area contributed by atoms with Crippen LogP contribution in [0.3, 0.4) is 0 Å². The monoisotopic (exact) mass is 276 g/mol. The molecule has 1 aliphatic heterocycles. The predicted octanol–water partition coefficient (Wildman–Crippen LogP) is 1.72. The third-order valence-electron chi connectivity index (χ3n) is 2.71. The summed E-state index contributed by atoms with van der Waals surface area (Å²) in [4.78, 5) is 0. The molecular weight excluding hydrogens is 248 g/mol. The van der Waals surface area contributed by atoms with Crippen molar-refractivity contribution in [3.8, 4) is 0 Å². The first-order valence-electron chi connectivity index (χ1n) is 7.07. The predicted molar refractivity (Wildman–Crippen MR) is 72.0 cm³/mol. The third kappa shape index (κ3) is 5.36. The highest BCUT2D eigenvalue weighted by atomic mass is 16.7. The lowest BCUT2D eigenvalue weighted by Gasteiger charge is -2.42. The van der Waals surface area contributed by atoms with Crippen molar-refractivity contribution in [3.63, 3.8) is 0 Å². The second kappa shape index (κ2) is 7.55. The van der Waals surface area contributed by atoms with Crippen molar-refractivity contribution in [2.45, 2.75) is 84.5 Å². The molecule has 1 aliphatic rings. The Kier molecular flexibility index (Phi) is 6.69. The molecule has 0 saturated carbocycles. The first-order valence-corrected chi connectivity index (χ1v) is 7.07. The standard InChI is InChI=1S/C14H28O5/c1-8(2)17-11-7-16-14(15)13(19-10(5)6)12(11)18-9(3)4/h8-15H,7H2,1-6H3/t11?,12-,13-,14-/m1/s1. The van der Waals surface area contributed by atoms with Crippen molar-refractivity contribution in [1.29, 1.82) is 0 Å². The highest BCUT2D eigenvalue weighted by Gasteiger charge is 2.43. The molecule has 5 nitrogen and oxygen atoms in total. The summed E-state index contributed by atoms with van der Waals surface area (Å²) in [7, 11) is 0. The molecule has 0 aliphatic carbocycles. The maximum atomic E-state index is 9.97. The average molecular weight is 276 g/mol. The molecule has 1 fully saturated rings. The summed E-state index contributed by atoms with van der Waals surface area (Å²) in [6.45, 7) is 12.0. The van der Waals surface area contributed by atoms with Crippen molar-refractivity contribution in [3.05, 3.63) is 0 Å². The van der Waals surface area contributed by atoms with Crippen LogP contribution in [0.5, 0.6) is 0 Å². The molecule has 4 atom stereocenters. The van der Waals surface area contributed by atoms with Gasteiger partial charge < -0.3 is 24.1 Å². The lowest BCUT2D eigenvalue weighted by molar-refractivity contribution is -0.295. The van der Waals surface area contributed by atoms with Crippen molar-refractivity contribution in [1.82, 2.24) is 0 Å². The molecule has 0 aromatic rings. The summed E-state index contributed by atoms with van der Waals surface area (Å²) in [6.07, 6.45) is -1.96. The van der Waals surface area contributed by atoms with E-state index in [9.17, 15) is 5.11 Å². The Morgan fingerprint density at radius 3 is 1.79 bits per heavy atom. The molecule has 0 aromatic carbocycles. The zero-order chi connectivity index (χ0) is 14.6. The van der Waals surface area contributed by atoms with E-state index in [0.717, 1.165) is 0 Å². The third-order valence-corrected chi connectivity index (χ3v) is 2.71. The zero-order valence-electron chi connectivity index (χ0n) is 12.8. The molecule has 1 unspecified atom stereocenters. The molecule has 19 heavy (non-hydrogen) atoms. The van der Waals surface area contributed by atoms with E-state index in [0.29, 0.717) is 6.61 Å². The Labute approximate surface area is 116 Å². The Hall–Kier alpha value is -0.200. The van der Waals surface area contributed by atoms with Crippen molar-refractivity contribution >= 4 is 0 Å². The van der Waals surface area contributed by atoms with Crippen LogP contribution >= 0.6 is 0 Å². The van der Waals surface area contributed by atoms with Crippen LogP contribution in [0.2, 0.25) is 0 Å². The average Bonchev–Trinajstić information content (AvgIpc) is 2.25. The molecule has 0 bridgehead atoms. The van der Waals surface area contributed by atoms with Gasteiger partial charge in [0.05, 0.1) is 24.9 Å². The fourth-order valence-corrected chi connectivity index (χ4v) is 2.16. The summed E-state index contributed by atoms with van der Waals surface area (Å²) in [5, 5.41) is 9.97. The highest BCUT2D eigenvalue weighted by Crippen LogP contribution is 2.25. The lowest BCUT2D eigenvalue weighted by atomic mass is 10.0. The maximum absolute atomic E-state index is 9.97. The van der Waals surface area contributed by atoms with Gasteiger partial charge in [0.15, 0.2) is 6.29 Å². The molecule has 0 aromatic heterocycles. The second-order valence-electron chi connectivity index (χ2n) is 5.75. The number of hydrogen-bond acceptors (Lipinski definition) is 5. The van der Waals surface area contributed by atoms with Crippen LogP contribution in [-0.4, -0.2) is 54.6 Å². The first kappa shape index (κ1) is 16.9. The number of aliphatic hydroxyl groups is 1. The van der Waals surface area contributed by atoms with Crippen molar-refractivity contribution in [2.75, 3.05) is 6.61 Å². The fourth-order valence-electron chi connectivity index (χ4n) is 2.16. The van der Waals surface area contributed by atoms with Gasteiger partial charge in [-0.1, -0.05) is 0 Å². The molecule has 0 spiro atoms. The second-order valence-corrected chi connectivity index (χ2v) is 5.75. The molecule has 1 heterocycles. The van der Waals surface area contributed by atoms with E-state index in [1.54, 1.807) is 0 Å². The van der Waals surface area contributed by atoms with Gasteiger partial charge in [-0.3, -0.25) is 0 Å². The van der Waals surface area contributed by atoms with Crippen LogP contribution in [0.15, 0.2) is 0 Å². The van der Waals surface area contributed by atoms with Crippen LogP contribution in [0, 0.1) is 0 Å². The van der Waals surface area contributed by atoms with Gasteiger partial charge in [0.25, 0.3) is 0 Å². The van der Waals surface area contributed by atoms with Crippen LogP contribution in [0.25, 0.3) is 0 Å². The molecule has 1 rings (SSSR count). The van der Waals surface area contributed by atoms with Gasteiger partial charge in [-0.2, -0.15) is 0 Å². The lowest BCUT2D eigenvalue weighted by Crippen LogP contribution is -2.57. The molecule has 114 valence electrons. The highest BCUT2D eigenvalue weighted by molar-refractivity contribution is 4.87. The van der Waals surface area contributed by atoms with Gasteiger partial charge >= 0.3 is 0 Å². The topological polar surface area (TPSA) is 57.2 Å². The van der Waals surface area contributed by atoms with Gasteiger partial charge in [-0.25, -0.2) is 0 Å². The van der Waals surface area contributed by atoms with Crippen LogP contribution < -0.4 is 0 Å². The quantitative estimate of drug-likeness (QED) is 0.800. The van der Waals surface area contributed by atoms with E-state index in [-0.39, 0.29) is 30.5 Å². The normalized spacial score (nSPS) is 32.5. The van der Waals surface area contributed by atoms with E-state index in [1.165, 1.54) is 0 Å². The van der Waals surface area contributed by atoms with E-state index in [2.05, 4.69) is 0 Å². The zero-order valence-corrected chi connectivity index (χ0v) is 12.8. The SMILES string of the molecule is CC(C)OC1CO[C@@H](O)[C@H](OC(C)C)[C@@H]1OC(C)C. The number of rotatable bonds is 6. The van der Waals surface area contributed by atoms with Crippen LogP contribution in [0.1, 0.15) is 41.5 Å². The van der Waals surface area contributed by atoms with Gasteiger partial charge in [0.2, 0.25) is 0 Å². The minimum absolute atomic E-state index is 0.0145. The first-order chi connectivity index (χ1) is 8.81. The summed E-state index contributed by atoms with van der Waals surface area (Å²) in [5.74, 6) is 0. The van der Waals surface area contributed by atoms with Gasteiger partial charge in [0, 0.05) is 0 Å². The summed E-state index contributed by atoms with van der Waals surface area (Å²) in [5.41, 5.74) is 0. The Morgan fingerprint density at radius 2 is 1.32 bits per heavy atom. The number of hydrogen-bond donors (Lipinski definition) is 1. The molecule has 0 amide bonds. The largest absolute Gasteiger partial charge is 0.370 e.